The van der Waals surface area contributed by atoms with Gasteiger partial charge in [0.25, 0.3) is 5.69 Å². The monoisotopic (exact) mass is 354 g/mol. The van der Waals surface area contributed by atoms with Gasteiger partial charge in [-0.1, -0.05) is 18.2 Å². The lowest BCUT2D eigenvalue weighted by Gasteiger charge is -2.20. The molecular weight excluding hydrogens is 336 g/mol. The summed E-state index contributed by atoms with van der Waals surface area (Å²) in [6, 6.07) is 11.4. The van der Waals surface area contributed by atoms with Crippen LogP contribution in [-0.4, -0.2) is 24.0 Å². The van der Waals surface area contributed by atoms with Gasteiger partial charge in [-0.15, -0.1) is 0 Å². The fourth-order valence-corrected chi connectivity index (χ4v) is 2.59. The largest absolute Gasteiger partial charge is 0.486 e. The first-order chi connectivity index (χ1) is 12.5. The zero-order valence-electron chi connectivity index (χ0n) is 14.2. The highest BCUT2D eigenvalue weighted by molar-refractivity contribution is 5.92. The van der Waals surface area contributed by atoms with E-state index in [9.17, 15) is 14.9 Å². The molecule has 0 radical (unpaired) electrons. The molecule has 1 atom stereocenters. The van der Waals surface area contributed by atoms with Gasteiger partial charge in [-0.25, -0.2) is 0 Å². The van der Waals surface area contributed by atoms with Crippen LogP contribution in [-0.2, 0) is 4.79 Å². The zero-order chi connectivity index (χ0) is 18.5. The molecule has 0 spiro atoms. The normalized spacial score (nSPS) is 14.0. The van der Waals surface area contributed by atoms with E-state index in [1.807, 2.05) is 25.1 Å². The second-order valence-corrected chi connectivity index (χ2v) is 5.82. The Bertz CT molecular complexity index is 863. The molecule has 0 aliphatic carbocycles. The number of nitro benzene ring substituents is 1. The van der Waals surface area contributed by atoms with Crippen molar-refractivity contribution in [3.05, 3.63) is 69.8 Å². The predicted octanol–water partition coefficient (Wildman–Crippen LogP) is 3.26. The number of rotatable bonds is 5. The summed E-state index contributed by atoms with van der Waals surface area (Å²) >= 11 is 0. The fourth-order valence-electron chi connectivity index (χ4n) is 2.59. The SMILES string of the molecule is C[C@H](NC(=O)/C=C/c1cccc([N+](=O)[O-])c1)c1ccc2c(c1)OCCO2. The molecule has 1 N–H and O–H groups in total. The Kier molecular flexibility index (Phi) is 5.17. The van der Waals surface area contributed by atoms with Crippen molar-refractivity contribution in [1.82, 2.24) is 5.32 Å². The van der Waals surface area contributed by atoms with E-state index in [0.29, 0.717) is 30.3 Å². The minimum atomic E-state index is -0.471. The Balaban J connectivity index is 1.64. The molecule has 2 aromatic rings. The Morgan fingerprint density at radius 1 is 1.19 bits per heavy atom. The standard InChI is InChI=1S/C19H18N2O5/c1-13(15-6-7-17-18(12-15)26-10-9-25-17)20-19(22)8-5-14-3-2-4-16(11-14)21(23)24/h2-8,11-13H,9-10H2,1H3,(H,20,22)/b8-5+/t13-/m0/s1. The number of amides is 1. The maximum atomic E-state index is 12.1. The molecule has 2 aromatic carbocycles. The maximum absolute atomic E-state index is 12.1. The molecule has 7 heteroatoms. The van der Waals surface area contributed by atoms with Crippen molar-refractivity contribution in [3.8, 4) is 11.5 Å². The van der Waals surface area contributed by atoms with Crippen LogP contribution in [0.2, 0.25) is 0 Å². The lowest BCUT2D eigenvalue weighted by Crippen LogP contribution is -2.25. The van der Waals surface area contributed by atoms with Crippen molar-refractivity contribution in [2.24, 2.45) is 0 Å². The summed E-state index contributed by atoms with van der Waals surface area (Å²) in [7, 11) is 0. The molecule has 0 unspecified atom stereocenters. The molecule has 3 rings (SSSR count). The summed E-state index contributed by atoms with van der Waals surface area (Å²) < 4.78 is 11.0. The van der Waals surface area contributed by atoms with Crippen LogP contribution in [0.1, 0.15) is 24.1 Å². The molecule has 7 nitrogen and oxygen atoms in total. The molecule has 1 aliphatic heterocycles. The first-order valence-electron chi connectivity index (χ1n) is 8.15. The summed E-state index contributed by atoms with van der Waals surface area (Å²) in [5, 5.41) is 13.6. The first kappa shape index (κ1) is 17.5. The Morgan fingerprint density at radius 3 is 2.73 bits per heavy atom. The summed E-state index contributed by atoms with van der Waals surface area (Å²) in [4.78, 5) is 22.4. The van der Waals surface area contributed by atoms with Crippen LogP contribution in [0.15, 0.2) is 48.5 Å². The van der Waals surface area contributed by atoms with E-state index in [4.69, 9.17) is 9.47 Å². The Morgan fingerprint density at radius 2 is 1.96 bits per heavy atom. The summed E-state index contributed by atoms with van der Waals surface area (Å²) in [6.45, 7) is 2.90. The molecule has 1 aliphatic rings. The number of nitrogens with one attached hydrogen (secondary N) is 1. The van der Waals surface area contributed by atoms with Crippen molar-refractivity contribution in [2.45, 2.75) is 13.0 Å². The molecule has 1 amide bonds. The minimum absolute atomic E-state index is 0.0165. The van der Waals surface area contributed by atoms with Crippen LogP contribution >= 0.6 is 0 Å². The number of nitro groups is 1. The zero-order valence-corrected chi connectivity index (χ0v) is 14.2. The van der Waals surface area contributed by atoms with Gasteiger partial charge < -0.3 is 14.8 Å². The van der Waals surface area contributed by atoms with E-state index in [2.05, 4.69) is 5.32 Å². The van der Waals surface area contributed by atoms with Gasteiger partial charge in [0.05, 0.1) is 11.0 Å². The molecule has 0 bridgehead atoms. The van der Waals surface area contributed by atoms with E-state index in [0.717, 1.165) is 5.56 Å². The van der Waals surface area contributed by atoms with Gasteiger partial charge in [-0.3, -0.25) is 14.9 Å². The Hall–Kier alpha value is -3.35. The molecule has 134 valence electrons. The van der Waals surface area contributed by atoms with Gasteiger partial charge >= 0.3 is 0 Å². The van der Waals surface area contributed by atoms with Crippen molar-refractivity contribution in [2.75, 3.05) is 13.2 Å². The summed E-state index contributed by atoms with van der Waals surface area (Å²) in [5.41, 5.74) is 1.46. The number of carbonyl (C=O) groups excluding carboxylic acids is 1. The molecule has 0 saturated carbocycles. The van der Waals surface area contributed by atoms with Crippen LogP contribution < -0.4 is 14.8 Å². The van der Waals surface area contributed by atoms with Crippen LogP contribution in [0.5, 0.6) is 11.5 Å². The van der Waals surface area contributed by atoms with Gasteiger partial charge in [0.1, 0.15) is 13.2 Å². The lowest BCUT2D eigenvalue weighted by atomic mass is 10.1. The van der Waals surface area contributed by atoms with Gasteiger partial charge in [-0.2, -0.15) is 0 Å². The van der Waals surface area contributed by atoms with Crippen LogP contribution in [0.25, 0.3) is 6.08 Å². The number of non-ortho nitro benzene ring substituents is 1. The van der Waals surface area contributed by atoms with E-state index in [-0.39, 0.29) is 17.6 Å². The van der Waals surface area contributed by atoms with E-state index < -0.39 is 4.92 Å². The molecule has 0 saturated heterocycles. The molecule has 26 heavy (non-hydrogen) atoms. The minimum Gasteiger partial charge on any atom is -0.486 e. The smallest absolute Gasteiger partial charge is 0.270 e. The number of fused-ring (bicyclic) bond motifs is 1. The lowest BCUT2D eigenvalue weighted by molar-refractivity contribution is -0.384. The fraction of sp³-hybridized carbons (Fsp3) is 0.211. The third-order valence-corrected chi connectivity index (χ3v) is 3.93. The predicted molar refractivity (Wildman–Crippen MR) is 96.1 cm³/mol. The van der Waals surface area contributed by atoms with E-state index >= 15 is 0 Å². The highest BCUT2D eigenvalue weighted by Crippen LogP contribution is 2.32. The molecule has 0 fully saturated rings. The number of hydrogen-bond acceptors (Lipinski definition) is 5. The highest BCUT2D eigenvalue weighted by Gasteiger charge is 2.15. The third-order valence-electron chi connectivity index (χ3n) is 3.93. The molecular formula is C19H18N2O5. The second kappa shape index (κ2) is 7.69. The summed E-state index contributed by atoms with van der Waals surface area (Å²) in [5.74, 6) is 1.07. The van der Waals surface area contributed by atoms with Crippen LogP contribution in [0.3, 0.4) is 0 Å². The topological polar surface area (TPSA) is 90.7 Å². The van der Waals surface area contributed by atoms with E-state index in [1.165, 1.54) is 18.2 Å². The quantitative estimate of drug-likeness (QED) is 0.506. The Labute approximate surface area is 150 Å². The van der Waals surface area contributed by atoms with Crippen molar-refractivity contribution in [3.63, 3.8) is 0 Å². The third kappa shape index (κ3) is 4.18. The number of benzene rings is 2. The van der Waals surface area contributed by atoms with Crippen molar-refractivity contribution in [1.29, 1.82) is 0 Å². The first-order valence-corrected chi connectivity index (χ1v) is 8.15. The maximum Gasteiger partial charge on any atom is 0.270 e. The highest BCUT2D eigenvalue weighted by atomic mass is 16.6. The number of nitrogens with zero attached hydrogens (tertiary/aromatic N) is 1. The van der Waals surface area contributed by atoms with Gasteiger partial charge in [0.2, 0.25) is 5.91 Å². The average molecular weight is 354 g/mol. The number of ether oxygens (including phenoxy) is 2. The van der Waals surface area contributed by atoms with Gasteiger partial charge in [0, 0.05) is 18.2 Å². The van der Waals surface area contributed by atoms with Crippen LogP contribution in [0, 0.1) is 10.1 Å². The van der Waals surface area contributed by atoms with Crippen LogP contribution in [0.4, 0.5) is 5.69 Å². The molecule has 0 aromatic heterocycles. The second-order valence-electron chi connectivity index (χ2n) is 5.82. The van der Waals surface area contributed by atoms with Gasteiger partial charge in [0.15, 0.2) is 11.5 Å². The number of carbonyl (C=O) groups is 1. The van der Waals surface area contributed by atoms with E-state index in [1.54, 1.807) is 18.2 Å². The molecule has 1 heterocycles. The van der Waals surface area contributed by atoms with Gasteiger partial charge in [-0.05, 0) is 36.3 Å². The summed E-state index contributed by atoms with van der Waals surface area (Å²) in [6.07, 6.45) is 2.90. The van der Waals surface area contributed by atoms with Crippen molar-refractivity contribution < 1.29 is 19.2 Å². The number of hydrogen-bond donors (Lipinski definition) is 1. The van der Waals surface area contributed by atoms with Crippen molar-refractivity contribution >= 4 is 17.7 Å². The average Bonchev–Trinajstić information content (AvgIpc) is 2.66.